The van der Waals surface area contributed by atoms with Crippen LogP contribution in [0.15, 0.2) is 5.16 Å². The van der Waals surface area contributed by atoms with Crippen molar-refractivity contribution in [3.63, 3.8) is 0 Å². The van der Waals surface area contributed by atoms with Gasteiger partial charge in [0, 0.05) is 11.8 Å². The molecule has 0 amide bonds. The maximum absolute atomic E-state index is 6.96. The molecule has 0 spiro atoms. The Morgan fingerprint density at radius 2 is 1.86 bits per heavy atom. The van der Waals surface area contributed by atoms with Crippen molar-refractivity contribution in [2.75, 3.05) is 6.61 Å². The number of nitrogens with zero attached hydrogens (tertiary/aromatic N) is 1. The molecule has 3 aliphatic rings. The summed E-state index contributed by atoms with van der Waals surface area (Å²) in [7, 11) is -1.67. The van der Waals surface area contributed by atoms with Gasteiger partial charge in [-0.05, 0) is 56.7 Å². The maximum atomic E-state index is 6.96. The molecule has 2 saturated carbocycles. The molecule has 1 aliphatic heterocycles. The topological polar surface area (TPSA) is 30.8 Å². The molecule has 0 aromatic carbocycles. The summed E-state index contributed by atoms with van der Waals surface area (Å²) in [5.41, 5.74) is 1.65. The van der Waals surface area contributed by atoms with E-state index >= 15 is 0 Å². The molecule has 0 N–H and O–H groups in total. The van der Waals surface area contributed by atoms with Crippen molar-refractivity contribution >= 4 is 14.0 Å². The Labute approximate surface area is 137 Å². The van der Waals surface area contributed by atoms with E-state index < -0.39 is 8.32 Å². The summed E-state index contributed by atoms with van der Waals surface area (Å²) >= 11 is 0. The smallest absolute Gasteiger partial charge is 0.185 e. The number of hydrogen-bond acceptors (Lipinski definition) is 3. The van der Waals surface area contributed by atoms with Gasteiger partial charge in [-0.15, -0.1) is 0 Å². The Hall–Kier alpha value is -0.353. The monoisotopic (exact) mass is 323 g/mol. The highest BCUT2D eigenvalue weighted by molar-refractivity contribution is 6.70. The van der Waals surface area contributed by atoms with E-state index in [9.17, 15) is 0 Å². The molecule has 3 nitrogen and oxygen atoms in total. The molecule has 0 aromatic heterocycles. The molecule has 2 fully saturated rings. The number of hydrogen-bond donors (Lipinski definition) is 0. The first-order chi connectivity index (χ1) is 10.1. The first kappa shape index (κ1) is 16.5. The molecule has 2 aliphatic carbocycles. The van der Waals surface area contributed by atoms with Crippen molar-refractivity contribution in [2.24, 2.45) is 21.9 Å². The van der Waals surface area contributed by atoms with Crippen LogP contribution in [0.5, 0.6) is 0 Å². The molecule has 3 atom stereocenters. The minimum Gasteiger partial charge on any atom is -0.406 e. The van der Waals surface area contributed by atoms with Crippen LogP contribution in [0.1, 0.15) is 59.3 Å². The average Bonchev–Trinajstić information content (AvgIpc) is 2.36. The van der Waals surface area contributed by atoms with E-state index in [2.05, 4.69) is 45.6 Å². The Balaban J connectivity index is 2.10. The highest BCUT2D eigenvalue weighted by Crippen LogP contribution is 2.63. The summed E-state index contributed by atoms with van der Waals surface area (Å²) in [6, 6.07) is 0. The van der Waals surface area contributed by atoms with Gasteiger partial charge in [-0.2, -0.15) is 0 Å². The zero-order chi connectivity index (χ0) is 16.2. The van der Waals surface area contributed by atoms with Gasteiger partial charge in [0.25, 0.3) is 0 Å². The lowest BCUT2D eigenvalue weighted by Crippen LogP contribution is -2.67. The van der Waals surface area contributed by atoms with E-state index in [-0.39, 0.29) is 11.0 Å². The summed E-state index contributed by atoms with van der Waals surface area (Å²) in [4.78, 5) is 5.48. The molecular formula is C18H33NO2Si. The fourth-order valence-corrected chi connectivity index (χ4v) is 7.24. The van der Waals surface area contributed by atoms with Crippen LogP contribution in [0.25, 0.3) is 0 Å². The number of oxime groups is 1. The largest absolute Gasteiger partial charge is 0.406 e. The second-order valence-electron chi connectivity index (χ2n) is 9.51. The van der Waals surface area contributed by atoms with Gasteiger partial charge in [-0.1, -0.05) is 32.3 Å². The molecule has 22 heavy (non-hydrogen) atoms. The van der Waals surface area contributed by atoms with E-state index in [1.165, 1.54) is 31.4 Å². The minimum absolute atomic E-state index is 0.170. The molecule has 0 radical (unpaired) electrons. The number of fused-ring (bicyclic) bond motifs is 3. The second-order valence-corrected chi connectivity index (χ2v) is 13.9. The van der Waals surface area contributed by atoms with Gasteiger partial charge in [0.05, 0.1) is 5.71 Å². The molecule has 0 aromatic rings. The van der Waals surface area contributed by atoms with Crippen LogP contribution >= 0.6 is 0 Å². The van der Waals surface area contributed by atoms with Crippen LogP contribution in [-0.4, -0.2) is 26.2 Å². The Bertz CT molecular complexity index is 482. The van der Waals surface area contributed by atoms with Crippen molar-refractivity contribution in [2.45, 2.75) is 84.5 Å². The zero-order valence-electron chi connectivity index (χ0n) is 15.3. The molecule has 3 rings (SSSR count). The van der Waals surface area contributed by atoms with Gasteiger partial charge >= 0.3 is 0 Å². The molecule has 126 valence electrons. The lowest BCUT2D eigenvalue weighted by molar-refractivity contribution is -0.141. The second kappa shape index (κ2) is 5.07. The summed E-state index contributed by atoms with van der Waals surface area (Å²) in [6.45, 7) is 15.1. The van der Waals surface area contributed by atoms with E-state index in [1.807, 2.05) is 0 Å². The summed E-state index contributed by atoms with van der Waals surface area (Å²) in [5.74, 6) is 0.724. The van der Waals surface area contributed by atoms with Gasteiger partial charge < -0.3 is 9.26 Å². The summed E-state index contributed by atoms with van der Waals surface area (Å²) in [6.07, 6.45) is 7.20. The van der Waals surface area contributed by atoms with E-state index in [4.69, 9.17) is 9.26 Å². The first-order valence-electron chi connectivity index (χ1n) is 9.00. The van der Waals surface area contributed by atoms with Gasteiger partial charge in [0.1, 0.15) is 12.2 Å². The van der Waals surface area contributed by atoms with Gasteiger partial charge in [0.2, 0.25) is 0 Å². The predicted octanol–water partition coefficient (Wildman–Crippen LogP) is 4.98. The number of rotatable bonds is 2. The molecule has 0 saturated heterocycles. The molecule has 0 unspecified atom stereocenters. The van der Waals surface area contributed by atoms with Crippen LogP contribution in [0, 0.1) is 16.7 Å². The molecule has 1 heterocycles. The fraction of sp³-hybridized carbons (Fsp3) is 0.944. The Kier molecular flexibility index (Phi) is 3.80. The minimum atomic E-state index is -1.67. The standard InChI is InChI=1S/C18H33NO2Si/c1-16(2)10-7-11-17(3)14(16)8-9-15-18(17,12-13-20-19-15)21-22(4,5)6/h14H,7-13H2,1-6H3/t14-,17-,18-/m0/s1. The summed E-state index contributed by atoms with van der Waals surface area (Å²) < 4.78 is 6.96. The third-order valence-corrected chi connectivity index (χ3v) is 7.45. The first-order valence-corrected chi connectivity index (χ1v) is 12.4. The van der Waals surface area contributed by atoms with Gasteiger partial charge in [-0.3, -0.25) is 0 Å². The van der Waals surface area contributed by atoms with E-state index in [0.29, 0.717) is 12.0 Å². The van der Waals surface area contributed by atoms with Crippen molar-refractivity contribution < 1.29 is 9.26 Å². The maximum Gasteiger partial charge on any atom is 0.185 e. The van der Waals surface area contributed by atoms with Crippen LogP contribution in [0.3, 0.4) is 0 Å². The highest BCUT2D eigenvalue weighted by Gasteiger charge is 2.64. The lowest BCUT2D eigenvalue weighted by atomic mass is 9.46. The van der Waals surface area contributed by atoms with Crippen molar-refractivity contribution in [3.8, 4) is 0 Å². The van der Waals surface area contributed by atoms with E-state index in [0.717, 1.165) is 18.8 Å². The van der Waals surface area contributed by atoms with Crippen molar-refractivity contribution in [3.05, 3.63) is 0 Å². The molecule has 4 heteroatoms. The predicted molar refractivity (Wildman–Crippen MR) is 93.6 cm³/mol. The molecule has 0 bridgehead atoms. The van der Waals surface area contributed by atoms with Crippen molar-refractivity contribution in [1.29, 1.82) is 0 Å². The third kappa shape index (κ3) is 2.37. The van der Waals surface area contributed by atoms with Crippen LogP contribution in [0.4, 0.5) is 0 Å². The molecular weight excluding hydrogens is 290 g/mol. The van der Waals surface area contributed by atoms with E-state index in [1.54, 1.807) is 0 Å². The van der Waals surface area contributed by atoms with Gasteiger partial charge in [-0.25, -0.2) is 0 Å². The van der Waals surface area contributed by atoms with Crippen LogP contribution < -0.4 is 0 Å². The fourth-order valence-electron chi connectivity index (χ4n) is 5.74. The Morgan fingerprint density at radius 3 is 2.55 bits per heavy atom. The van der Waals surface area contributed by atoms with Crippen LogP contribution in [-0.2, 0) is 9.26 Å². The Morgan fingerprint density at radius 1 is 1.14 bits per heavy atom. The highest BCUT2D eigenvalue weighted by atomic mass is 28.4. The summed E-state index contributed by atoms with van der Waals surface area (Å²) in [5, 5.41) is 4.51. The van der Waals surface area contributed by atoms with Gasteiger partial charge in [0.15, 0.2) is 8.32 Å². The lowest BCUT2D eigenvalue weighted by Gasteiger charge is -2.64. The normalized spacial score (nSPS) is 41.0. The zero-order valence-corrected chi connectivity index (χ0v) is 16.3. The quantitative estimate of drug-likeness (QED) is 0.671. The van der Waals surface area contributed by atoms with Crippen LogP contribution in [0.2, 0.25) is 19.6 Å². The third-order valence-electron chi connectivity index (χ3n) is 6.49. The SMILES string of the molecule is CC1(C)CCC[C@@]2(C)[C@H]1CCC1=NOCC[C@]12O[Si](C)(C)C. The van der Waals surface area contributed by atoms with Crippen molar-refractivity contribution in [1.82, 2.24) is 0 Å². The average molecular weight is 324 g/mol.